The van der Waals surface area contributed by atoms with E-state index in [1.54, 1.807) is 18.2 Å². The summed E-state index contributed by atoms with van der Waals surface area (Å²) in [6.07, 6.45) is 0. The van der Waals surface area contributed by atoms with Crippen molar-refractivity contribution >= 4 is 23.4 Å². The minimum atomic E-state index is -0.406. The van der Waals surface area contributed by atoms with Crippen LogP contribution in [0.15, 0.2) is 52.3 Å². The van der Waals surface area contributed by atoms with E-state index in [0.29, 0.717) is 10.6 Å². The lowest BCUT2D eigenvalue weighted by molar-refractivity contribution is 0.626. The van der Waals surface area contributed by atoms with Crippen LogP contribution in [-0.4, -0.2) is 0 Å². The second kappa shape index (κ2) is 5.22. The number of nitriles is 1. The van der Waals surface area contributed by atoms with Crippen LogP contribution in [0.3, 0.4) is 0 Å². The topological polar surface area (TPSA) is 23.8 Å². The quantitative estimate of drug-likeness (QED) is 0.796. The number of hydrogen-bond donors (Lipinski definition) is 0. The van der Waals surface area contributed by atoms with Gasteiger partial charge in [0.15, 0.2) is 0 Å². The van der Waals surface area contributed by atoms with Crippen LogP contribution in [0, 0.1) is 17.1 Å². The molecule has 0 aliphatic rings. The summed E-state index contributed by atoms with van der Waals surface area (Å²) >= 11 is 7.26. The van der Waals surface area contributed by atoms with E-state index in [4.69, 9.17) is 16.9 Å². The zero-order chi connectivity index (χ0) is 12.3. The smallest absolute Gasteiger partial charge is 0.124 e. The Morgan fingerprint density at radius 1 is 1.18 bits per heavy atom. The zero-order valence-electron chi connectivity index (χ0n) is 8.65. The van der Waals surface area contributed by atoms with Crippen molar-refractivity contribution in [1.29, 1.82) is 5.26 Å². The SMILES string of the molecule is N#Cc1cc(F)ccc1Sc1cccc(Cl)c1. The Morgan fingerprint density at radius 3 is 2.71 bits per heavy atom. The van der Waals surface area contributed by atoms with E-state index in [9.17, 15) is 4.39 Å². The molecule has 0 fully saturated rings. The molecular formula is C13H7ClFNS. The molecule has 0 heterocycles. The first kappa shape index (κ1) is 12.0. The molecule has 0 aliphatic carbocycles. The number of nitrogens with zero attached hydrogens (tertiary/aromatic N) is 1. The molecule has 0 atom stereocenters. The summed E-state index contributed by atoms with van der Waals surface area (Å²) in [5, 5.41) is 9.55. The van der Waals surface area contributed by atoms with Crippen LogP contribution in [0.25, 0.3) is 0 Å². The number of rotatable bonds is 2. The summed E-state index contributed by atoms with van der Waals surface area (Å²) in [5.41, 5.74) is 0.329. The molecule has 17 heavy (non-hydrogen) atoms. The fourth-order valence-electron chi connectivity index (χ4n) is 1.34. The van der Waals surface area contributed by atoms with Gasteiger partial charge in [0.2, 0.25) is 0 Å². The Balaban J connectivity index is 2.34. The van der Waals surface area contributed by atoms with Gasteiger partial charge in [-0.1, -0.05) is 29.4 Å². The first-order valence-corrected chi connectivity index (χ1v) is 6.01. The largest absolute Gasteiger partial charge is 0.207 e. The Morgan fingerprint density at radius 2 is 2.00 bits per heavy atom. The Labute approximate surface area is 108 Å². The van der Waals surface area contributed by atoms with Crippen molar-refractivity contribution in [3.05, 3.63) is 58.9 Å². The summed E-state index contributed by atoms with van der Waals surface area (Å²) in [7, 11) is 0. The maximum atomic E-state index is 13.0. The van der Waals surface area contributed by atoms with E-state index < -0.39 is 5.82 Å². The fourth-order valence-corrected chi connectivity index (χ4v) is 2.53. The predicted molar refractivity (Wildman–Crippen MR) is 66.7 cm³/mol. The summed E-state index contributed by atoms with van der Waals surface area (Å²) < 4.78 is 13.0. The Hall–Kier alpha value is -1.50. The maximum Gasteiger partial charge on any atom is 0.124 e. The van der Waals surface area contributed by atoms with Crippen LogP contribution in [-0.2, 0) is 0 Å². The minimum absolute atomic E-state index is 0.329. The van der Waals surface area contributed by atoms with Crippen molar-refractivity contribution in [1.82, 2.24) is 0 Å². The standard InChI is InChI=1S/C13H7ClFNS/c14-10-2-1-3-12(7-10)17-13-5-4-11(15)6-9(13)8-16/h1-7H. The summed E-state index contributed by atoms with van der Waals surface area (Å²) in [4.78, 5) is 1.64. The van der Waals surface area contributed by atoms with Gasteiger partial charge in [-0.05, 0) is 36.4 Å². The molecule has 0 aliphatic heterocycles. The summed E-state index contributed by atoms with van der Waals surface area (Å²) in [6.45, 7) is 0. The van der Waals surface area contributed by atoms with Gasteiger partial charge in [-0.25, -0.2) is 4.39 Å². The van der Waals surface area contributed by atoms with Gasteiger partial charge in [0.1, 0.15) is 11.9 Å². The van der Waals surface area contributed by atoms with Crippen molar-refractivity contribution in [3.63, 3.8) is 0 Å². The van der Waals surface area contributed by atoms with Crippen molar-refractivity contribution in [2.75, 3.05) is 0 Å². The van der Waals surface area contributed by atoms with E-state index >= 15 is 0 Å². The van der Waals surface area contributed by atoms with E-state index in [-0.39, 0.29) is 0 Å². The van der Waals surface area contributed by atoms with Crippen molar-refractivity contribution in [3.8, 4) is 6.07 Å². The molecule has 2 aromatic carbocycles. The van der Waals surface area contributed by atoms with E-state index in [0.717, 1.165) is 9.79 Å². The lowest BCUT2D eigenvalue weighted by atomic mass is 10.2. The molecule has 84 valence electrons. The van der Waals surface area contributed by atoms with Gasteiger partial charge in [0, 0.05) is 14.8 Å². The van der Waals surface area contributed by atoms with Gasteiger partial charge in [-0.2, -0.15) is 5.26 Å². The highest BCUT2D eigenvalue weighted by Gasteiger charge is 2.05. The number of halogens is 2. The normalized spacial score (nSPS) is 9.94. The predicted octanol–water partition coefficient (Wildman–Crippen LogP) is 4.50. The lowest BCUT2D eigenvalue weighted by Gasteiger charge is -2.04. The third kappa shape index (κ3) is 3.00. The molecule has 0 spiro atoms. The van der Waals surface area contributed by atoms with Crippen LogP contribution in [0.5, 0.6) is 0 Å². The molecule has 0 unspecified atom stereocenters. The monoisotopic (exact) mass is 263 g/mol. The minimum Gasteiger partial charge on any atom is -0.207 e. The Kier molecular flexibility index (Phi) is 3.68. The maximum absolute atomic E-state index is 13.0. The second-order valence-corrected chi connectivity index (χ2v) is 4.86. The zero-order valence-corrected chi connectivity index (χ0v) is 10.2. The van der Waals surface area contributed by atoms with Crippen LogP contribution in [0.1, 0.15) is 5.56 Å². The lowest BCUT2D eigenvalue weighted by Crippen LogP contribution is -1.83. The molecule has 0 saturated heterocycles. The van der Waals surface area contributed by atoms with Gasteiger partial charge in [0.05, 0.1) is 5.56 Å². The average molecular weight is 264 g/mol. The van der Waals surface area contributed by atoms with Crippen LogP contribution in [0.4, 0.5) is 4.39 Å². The third-order valence-corrected chi connectivity index (χ3v) is 3.39. The molecule has 1 nitrogen and oxygen atoms in total. The molecule has 0 saturated carbocycles. The highest BCUT2D eigenvalue weighted by Crippen LogP contribution is 2.31. The van der Waals surface area contributed by atoms with Gasteiger partial charge < -0.3 is 0 Å². The molecule has 0 radical (unpaired) electrons. The number of benzene rings is 2. The fraction of sp³-hybridized carbons (Fsp3) is 0. The summed E-state index contributed by atoms with van der Waals surface area (Å²) in [6, 6.07) is 13.4. The van der Waals surface area contributed by atoms with Crippen molar-refractivity contribution in [2.24, 2.45) is 0 Å². The van der Waals surface area contributed by atoms with Gasteiger partial charge in [-0.3, -0.25) is 0 Å². The molecule has 2 aromatic rings. The third-order valence-electron chi connectivity index (χ3n) is 2.09. The molecule has 4 heteroatoms. The molecular weight excluding hydrogens is 257 g/mol. The number of hydrogen-bond acceptors (Lipinski definition) is 2. The van der Waals surface area contributed by atoms with Crippen LogP contribution in [0.2, 0.25) is 5.02 Å². The Bertz CT molecular complexity index is 592. The summed E-state index contributed by atoms with van der Waals surface area (Å²) in [5.74, 6) is -0.406. The van der Waals surface area contributed by atoms with Crippen LogP contribution < -0.4 is 0 Å². The van der Waals surface area contributed by atoms with Crippen molar-refractivity contribution < 1.29 is 4.39 Å². The van der Waals surface area contributed by atoms with E-state index in [1.165, 1.54) is 23.9 Å². The van der Waals surface area contributed by atoms with E-state index in [1.807, 2.05) is 18.2 Å². The van der Waals surface area contributed by atoms with Gasteiger partial charge >= 0.3 is 0 Å². The van der Waals surface area contributed by atoms with Gasteiger partial charge in [-0.15, -0.1) is 0 Å². The highest BCUT2D eigenvalue weighted by atomic mass is 35.5. The molecule has 0 bridgehead atoms. The van der Waals surface area contributed by atoms with Crippen LogP contribution >= 0.6 is 23.4 Å². The van der Waals surface area contributed by atoms with E-state index in [2.05, 4.69) is 0 Å². The molecule has 0 amide bonds. The second-order valence-electron chi connectivity index (χ2n) is 3.31. The highest BCUT2D eigenvalue weighted by molar-refractivity contribution is 7.99. The molecule has 0 aromatic heterocycles. The van der Waals surface area contributed by atoms with Crippen molar-refractivity contribution in [2.45, 2.75) is 9.79 Å². The van der Waals surface area contributed by atoms with Gasteiger partial charge in [0.25, 0.3) is 0 Å². The molecule has 0 N–H and O–H groups in total. The average Bonchev–Trinajstić information content (AvgIpc) is 2.31. The first-order valence-electron chi connectivity index (χ1n) is 4.82. The first-order chi connectivity index (χ1) is 8.19. The molecule has 2 rings (SSSR count).